The van der Waals surface area contributed by atoms with Gasteiger partial charge in [-0.3, -0.25) is 4.79 Å². The molecule has 2 atom stereocenters. The molecular formula is C12H22N2O4. The van der Waals surface area contributed by atoms with Crippen molar-refractivity contribution in [3.63, 3.8) is 0 Å². The molecule has 6 heteroatoms. The lowest BCUT2D eigenvalue weighted by atomic mass is 9.95. The molecule has 1 heterocycles. The van der Waals surface area contributed by atoms with Crippen LogP contribution < -0.4 is 10.6 Å². The zero-order chi connectivity index (χ0) is 13.6. The summed E-state index contributed by atoms with van der Waals surface area (Å²) in [5.41, 5.74) is -0.319. The number of rotatable bonds is 5. The first-order chi connectivity index (χ1) is 8.43. The van der Waals surface area contributed by atoms with Crippen molar-refractivity contribution >= 4 is 12.0 Å². The van der Waals surface area contributed by atoms with E-state index < -0.39 is 11.9 Å². The Balaban J connectivity index is 2.22. The summed E-state index contributed by atoms with van der Waals surface area (Å²) in [5.74, 6) is -1.29. The SMILES string of the molecule is CC(CCNC(=O)NC1(C)CCCOC1)C(=O)O. The first-order valence-electron chi connectivity index (χ1n) is 6.29. The second-order valence-electron chi connectivity index (χ2n) is 5.13. The maximum absolute atomic E-state index is 11.6. The summed E-state index contributed by atoms with van der Waals surface area (Å²) in [6, 6.07) is -0.263. The number of hydrogen-bond acceptors (Lipinski definition) is 3. The zero-order valence-electron chi connectivity index (χ0n) is 11.0. The lowest BCUT2D eigenvalue weighted by Crippen LogP contribution is -2.54. The van der Waals surface area contributed by atoms with E-state index in [9.17, 15) is 9.59 Å². The van der Waals surface area contributed by atoms with Crippen molar-refractivity contribution in [2.75, 3.05) is 19.8 Å². The largest absolute Gasteiger partial charge is 0.481 e. The van der Waals surface area contributed by atoms with Gasteiger partial charge in [0.25, 0.3) is 0 Å². The van der Waals surface area contributed by atoms with E-state index in [1.165, 1.54) is 0 Å². The van der Waals surface area contributed by atoms with Crippen molar-refractivity contribution in [2.45, 2.75) is 38.6 Å². The molecule has 6 nitrogen and oxygen atoms in total. The third-order valence-corrected chi connectivity index (χ3v) is 3.14. The Hall–Kier alpha value is -1.30. The minimum Gasteiger partial charge on any atom is -0.481 e. The van der Waals surface area contributed by atoms with Crippen LogP contribution in [0.2, 0.25) is 0 Å². The zero-order valence-corrected chi connectivity index (χ0v) is 11.0. The minimum atomic E-state index is -0.843. The number of aliphatic carboxylic acids is 1. The van der Waals surface area contributed by atoms with Crippen LogP contribution in [0.5, 0.6) is 0 Å². The fourth-order valence-electron chi connectivity index (χ4n) is 1.88. The fraction of sp³-hybridized carbons (Fsp3) is 0.833. The standard InChI is InChI=1S/C12H22N2O4/c1-9(10(15)16)4-6-13-11(17)14-12(2)5-3-7-18-8-12/h9H,3-8H2,1-2H3,(H,15,16)(H2,13,14,17). The first kappa shape index (κ1) is 14.8. The summed E-state index contributed by atoms with van der Waals surface area (Å²) in [4.78, 5) is 22.2. The molecule has 3 N–H and O–H groups in total. The molecule has 1 rings (SSSR count). The summed E-state index contributed by atoms with van der Waals surface area (Å²) >= 11 is 0. The summed E-state index contributed by atoms with van der Waals surface area (Å²) < 4.78 is 5.34. The number of carboxylic acid groups (broad SMARTS) is 1. The Bertz CT molecular complexity index is 300. The van der Waals surface area contributed by atoms with Gasteiger partial charge in [-0.1, -0.05) is 6.92 Å². The second-order valence-corrected chi connectivity index (χ2v) is 5.13. The van der Waals surface area contributed by atoms with Crippen molar-refractivity contribution < 1.29 is 19.4 Å². The highest BCUT2D eigenvalue weighted by Crippen LogP contribution is 2.17. The molecule has 0 aliphatic carbocycles. The Morgan fingerprint density at radius 1 is 1.50 bits per heavy atom. The lowest BCUT2D eigenvalue weighted by molar-refractivity contribution is -0.141. The van der Waals surface area contributed by atoms with Crippen LogP contribution in [0.3, 0.4) is 0 Å². The van der Waals surface area contributed by atoms with Crippen molar-refractivity contribution in [1.29, 1.82) is 0 Å². The predicted molar refractivity (Wildman–Crippen MR) is 66.4 cm³/mol. The molecule has 0 aromatic rings. The number of carbonyl (C=O) groups is 2. The number of amides is 2. The van der Waals surface area contributed by atoms with Gasteiger partial charge in [0.05, 0.1) is 18.1 Å². The van der Waals surface area contributed by atoms with Gasteiger partial charge in [0.15, 0.2) is 0 Å². The molecule has 1 saturated heterocycles. The lowest BCUT2D eigenvalue weighted by Gasteiger charge is -2.34. The molecule has 2 amide bonds. The molecule has 1 fully saturated rings. The average molecular weight is 258 g/mol. The van der Waals surface area contributed by atoms with Crippen LogP contribution in [0.1, 0.15) is 33.1 Å². The van der Waals surface area contributed by atoms with Gasteiger partial charge in [-0.05, 0) is 26.2 Å². The van der Waals surface area contributed by atoms with E-state index in [-0.39, 0.29) is 11.6 Å². The highest BCUT2D eigenvalue weighted by Gasteiger charge is 2.29. The number of carboxylic acids is 1. The van der Waals surface area contributed by atoms with Crippen LogP contribution in [0, 0.1) is 5.92 Å². The molecule has 2 unspecified atom stereocenters. The molecule has 18 heavy (non-hydrogen) atoms. The van der Waals surface area contributed by atoms with E-state index >= 15 is 0 Å². The van der Waals surface area contributed by atoms with Crippen molar-refractivity contribution in [2.24, 2.45) is 5.92 Å². The van der Waals surface area contributed by atoms with Gasteiger partial charge < -0.3 is 20.5 Å². The summed E-state index contributed by atoms with van der Waals surface area (Å²) in [6.45, 7) is 5.20. The van der Waals surface area contributed by atoms with Gasteiger partial charge in [0.2, 0.25) is 0 Å². The summed E-state index contributed by atoms with van der Waals surface area (Å²) in [6.07, 6.45) is 2.26. The van der Waals surface area contributed by atoms with Gasteiger partial charge in [0, 0.05) is 13.2 Å². The van der Waals surface area contributed by atoms with E-state index in [0.717, 1.165) is 19.4 Å². The number of ether oxygens (including phenoxy) is 1. The summed E-state index contributed by atoms with van der Waals surface area (Å²) in [5, 5.41) is 14.3. The molecule has 0 aromatic carbocycles. The maximum atomic E-state index is 11.6. The molecule has 0 saturated carbocycles. The molecular weight excluding hydrogens is 236 g/mol. The predicted octanol–water partition coefficient (Wildman–Crippen LogP) is 0.965. The van der Waals surface area contributed by atoms with Crippen LogP contribution in [-0.4, -0.2) is 42.4 Å². The molecule has 1 aliphatic heterocycles. The monoisotopic (exact) mass is 258 g/mol. The van der Waals surface area contributed by atoms with E-state index in [4.69, 9.17) is 9.84 Å². The third kappa shape index (κ3) is 4.91. The van der Waals surface area contributed by atoms with Crippen LogP contribution in [0.15, 0.2) is 0 Å². The quantitative estimate of drug-likeness (QED) is 0.685. The highest BCUT2D eigenvalue weighted by molar-refractivity contribution is 5.75. The van der Waals surface area contributed by atoms with Gasteiger partial charge in [-0.15, -0.1) is 0 Å². The van der Waals surface area contributed by atoms with Crippen molar-refractivity contribution in [1.82, 2.24) is 10.6 Å². The van der Waals surface area contributed by atoms with Crippen LogP contribution in [0.25, 0.3) is 0 Å². The molecule has 0 radical (unpaired) electrons. The highest BCUT2D eigenvalue weighted by atomic mass is 16.5. The molecule has 0 aromatic heterocycles. The number of nitrogens with one attached hydrogen (secondary N) is 2. The molecule has 0 bridgehead atoms. The van der Waals surface area contributed by atoms with Crippen LogP contribution in [0.4, 0.5) is 4.79 Å². The van der Waals surface area contributed by atoms with Crippen LogP contribution >= 0.6 is 0 Å². The van der Waals surface area contributed by atoms with Crippen molar-refractivity contribution in [3.05, 3.63) is 0 Å². The van der Waals surface area contributed by atoms with Crippen molar-refractivity contribution in [3.8, 4) is 0 Å². The molecule has 104 valence electrons. The van der Waals surface area contributed by atoms with Gasteiger partial charge in [0.1, 0.15) is 0 Å². The van der Waals surface area contributed by atoms with E-state index in [2.05, 4.69) is 10.6 Å². The number of hydrogen-bond donors (Lipinski definition) is 3. The van der Waals surface area contributed by atoms with Gasteiger partial charge >= 0.3 is 12.0 Å². The Kier molecular flexibility index (Phi) is 5.40. The Morgan fingerprint density at radius 2 is 2.22 bits per heavy atom. The average Bonchev–Trinajstić information content (AvgIpc) is 2.28. The van der Waals surface area contributed by atoms with E-state index in [1.54, 1.807) is 6.92 Å². The Morgan fingerprint density at radius 3 is 2.78 bits per heavy atom. The van der Waals surface area contributed by atoms with E-state index in [1.807, 2.05) is 6.92 Å². The molecule has 0 spiro atoms. The van der Waals surface area contributed by atoms with Gasteiger partial charge in [-0.25, -0.2) is 4.79 Å². The number of urea groups is 1. The second kappa shape index (κ2) is 6.58. The third-order valence-electron chi connectivity index (χ3n) is 3.14. The normalized spacial score (nSPS) is 25.2. The fourth-order valence-corrected chi connectivity index (χ4v) is 1.88. The minimum absolute atomic E-state index is 0.263. The summed E-state index contributed by atoms with van der Waals surface area (Å²) in [7, 11) is 0. The topological polar surface area (TPSA) is 87.7 Å². The first-order valence-corrected chi connectivity index (χ1v) is 6.29. The maximum Gasteiger partial charge on any atom is 0.315 e. The molecule has 1 aliphatic rings. The van der Waals surface area contributed by atoms with E-state index in [0.29, 0.717) is 19.6 Å². The Labute approximate surface area is 107 Å². The smallest absolute Gasteiger partial charge is 0.315 e. The number of carbonyl (C=O) groups excluding carboxylic acids is 1. The van der Waals surface area contributed by atoms with Crippen LogP contribution in [-0.2, 0) is 9.53 Å². The van der Waals surface area contributed by atoms with Gasteiger partial charge in [-0.2, -0.15) is 0 Å².